The van der Waals surface area contributed by atoms with Crippen molar-refractivity contribution in [2.24, 2.45) is 0 Å². The zero-order valence-corrected chi connectivity index (χ0v) is 21.7. The van der Waals surface area contributed by atoms with Gasteiger partial charge in [-0.3, -0.25) is 0 Å². The van der Waals surface area contributed by atoms with Gasteiger partial charge in [-0.15, -0.1) is 0 Å². The molecule has 13 heteroatoms. The first-order valence-electron chi connectivity index (χ1n) is 11.8. The highest BCUT2D eigenvalue weighted by Gasteiger charge is 2.19. The molecule has 4 rings (SSSR count). The van der Waals surface area contributed by atoms with Gasteiger partial charge in [0.25, 0.3) is 0 Å². The van der Waals surface area contributed by atoms with E-state index in [-0.39, 0.29) is 12.1 Å². The zero-order chi connectivity index (χ0) is 27.2. The molecule has 0 aliphatic rings. The predicted octanol–water partition coefficient (Wildman–Crippen LogP) is 4.81. The third-order valence-electron chi connectivity index (χ3n) is 5.36. The van der Waals surface area contributed by atoms with Crippen LogP contribution in [0.15, 0.2) is 43.1 Å². The van der Waals surface area contributed by atoms with Crippen molar-refractivity contribution in [2.45, 2.75) is 45.8 Å². The number of ether oxygens (including phenoxy) is 1. The first kappa shape index (κ1) is 26.8. The van der Waals surface area contributed by atoms with Gasteiger partial charge in [-0.25, -0.2) is 24.3 Å². The van der Waals surface area contributed by atoms with Crippen molar-refractivity contribution in [2.75, 3.05) is 17.7 Å². The molecule has 0 aliphatic heterocycles. The van der Waals surface area contributed by atoms with Crippen molar-refractivity contribution < 1.29 is 13.5 Å². The van der Waals surface area contributed by atoms with Crippen LogP contribution >= 0.6 is 11.6 Å². The summed E-state index contributed by atoms with van der Waals surface area (Å²) in [6.45, 7) is 3.64. The number of nitrogen functional groups attached to an aromatic ring is 1. The van der Waals surface area contributed by atoms with Crippen molar-refractivity contribution in [1.29, 1.82) is 0 Å². The Labute approximate surface area is 223 Å². The van der Waals surface area contributed by atoms with Crippen LogP contribution in [-0.4, -0.2) is 47.2 Å². The lowest BCUT2D eigenvalue weighted by molar-refractivity contribution is 0.0566. The number of anilines is 2. The van der Waals surface area contributed by atoms with E-state index in [2.05, 4.69) is 42.3 Å². The number of nitrogens with one attached hydrogen (secondary N) is 1. The fourth-order valence-electron chi connectivity index (χ4n) is 3.49. The van der Waals surface area contributed by atoms with E-state index in [9.17, 15) is 8.78 Å². The van der Waals surface area contributed by atoms with Crippen LogP contribution < -0.4 is 15.8 Å². The van der Waals surface area contributed by atoms with E-state index in [0.717, 1.165) is 0 Å². The Hall–Kier alpha value is -4.24. The molecule has 0 amide bonds. The van der Waals surface area contributed by atoms with Gasteiger partial charge in [0.15, 0.2) is 5.82 Å². The lowest BCUT2D eigenvalue weighted by Gasteiger charge is -2.18. The lowest BCUT2D eigenvalue weighted by Crippen LogP contribution is -2.20. The molecular weight excluding hydrogens is 516 g/mol. The molecule has 4 aromatic rings. The van der Waals surface area contributed by atoms with Gasteiger partial charge in [-0.2, -0.15) is 19.0 Å². The molecule has 0 fully saturated rings. The second-order valence-electron chi connectivity index (χ2n) is 8.68. The maximum atomic E-state index is 12.8. The third kappa shape index (κ3) is 6.54. The van der Waals surface area contributed by atoms with Crippen molar-refractivity contribution in [1.82, 2.24) is 34.5 Å². The summed E-state index contributed by atoms with van der Waals surface area (Å²) in [4.78, 5) is 12.7. The van der Waals surface area contributed by atoms with Crippen molar-refractivity contribution in [3.8, 4) is 29.1 Å². The van der Waals surface area contributed by atoms with Gasteiger partial charge < -0.3 is 15.8 Å². The van der Waals surface area contributed by atoms with E-state index in [0.29, 0.717) is 62.8 Å². The normalized spacial score (nSPS) is 11.9. The number of nitrogens with two attached hydrogens (primary N) is 1. The van der Waals surface area contributed by atoms with Gasteiger partial charge in [0.2, 0.25) is 5.88 Å². The largest absolute Gasteiger partial charge is 0.477 e. The summed E-state index contributed by atoms with van der Waals surface area (Å²) in [5.41, 5.74) is 8.06. The number of aromatic nitrogens is 7. The van der Waals surface area contributed by atoms with Crippen LogP contribution in [0.1, 0.15) is 50.9 Å². The quantitative estimate of drug-likeness (QED) is 0.229. The second kappa shape index (κ2) is 11.9. The Morgan fingerprint density at radius 2 is 1.95 bits per heavy atom. The van der Waals surface area contributed by atoms with Crippen molar-refractivity contribution in [3.05, 3.63) is 59.4 Å². The van der Waals surface area contributed by atoms with Crippen molar-refractivity contribution >= 4 is 23.1 Å². The third-order valence-corrected chi connectivity index (χ3v) is 5.57. The first-order valence-corrected chi connectivity index (χ1v) is 12.1. The summed E-state index contributed by atoms with van der Waals surface area (Å²) in [6.07, 6.45) is 7.86. The molecule has 0 radical (unpaired) electrons. The number of hydrogen-bond donors (Lipinski definition) is 2. The minimum atomic E-state index is -2.73. The molecule has 0 unspecified atom stereocenters. The van der Waals surface area contributed by atoms with E-state index in [1.807, 2.05) is 20.8 Å². The molecule has 0 bridgehead atoms. The summed E-state index contributed by atoms with van der Waals surface area (Å²) in [5.74, 6) is 7.12. The summed E-state index contributed by atoms with van der Waals surface area (Å²) in [5, 5.41) is 11.7. The monoisotopic (exact) mass is 541 g/mol. The Balaban J connectivity index is 1.44. The average molecular weight is 542 g/mol. The van der Waals surface area contributed by atoms with E-state index in [1.165, 1.54) is 18.6 Å². The van der Waals surface area contributed by atoms with Gasteiger partial charge in [0.05, 0.1) is 41.9 Å². The topological polar surface area (TPSA) is 122 Å². The number of hydrogen-bond acceptors (Lipinski definition) is 8. The molecule has 0 saturated heterocycles. The molecule has 0 aromatic carbocycles. The Bertz CT molecular complexity index is 1460. The summed E-state index contributed by atoms with van der Waals surface area (Å²) < 4.78 is 34.0. The minimum Gasteiger partial charge on any atom is -0.477 e. The average Bonchev–Trinajstić information content (AvgIpc) is 3.51. The molecular formula is C25H26ClF2N9O. The van der Waals surface area contributed by atoms with Gasteiger partial charge in [-0.1, -0.05) is 23.4 Å². The molecule has 38 heavy (non-hydrogen) atoms. The molecule has 4 heterocycles. The maximum Gasteiger partial charge on any atom is 0.333 e. The van der Waals surface area contributed by atoms with Crippen LogP contribution in [0, 0.1) is 11.8 Å². The number of rotatable bonds is 9. The van der Waals surface area contributed by atoms with E-state index in [1.54, 1.807) is 29.2 Å². The van der Waals surface area contributed by atoms with Crippen LogP contribution in [0.2, 0.25) is 5.15 Å². The lowest BCUT2D eigenvalue weighted by atomic mass is 10.2. The van der Waals surface area contributed by atoms with Gasteiger partial charge in [-0.05, 0) is 32.9 Å². The standard InChI is InChI=1S/C25H26ClF2N9O/c1-15(2)37-24(19(13-33-37)23-30-8-6-22(29)35-23)38-9-7-16(3)34-20-10-21(26)31-12-18(20)5-4-17-11-32-36(14-17)25(27)28/h6,8,10-16,25H,7,9H2,1-3H3,(H,31,34)(H2,29,30,35)/t16-/m0/s1. The molecule has 0 saturated carbocycles. The fourth-order valence-corrected chi connectivity index (χ4v) is 3.64. The fraction of sp³-hybridized carbons (Fsp3) is 0.320. The molecule has 10 nitrogen and oxygen atoms in total. The zero-order valence-electron chi connectivity index (χ0n) is 20.9. The van der Waals surface area contributed by atoms with E-state index >= 15 is 0 Å². The highest BCUT2D eigenvalue weighted by molar-refractivity contribution is 6.29. The summed E-state index contributed by atoms with van der Waals surface area (Å²) in [7, 11) is 0. The van der Waals surface area contributed by atoms with Gasteiger partial charge in [0.1, 0.15) is 16.5 Å². The molecule has 0 aliphatic carbocycles. The molecule has 198 valence electrons. The summed E-state index contributed by atoms with van der Waals surface area (Å²) in [6, 6.07) is 3.29. The number of halogens is 3. The van der Waals surface area contributed by atoms with E-state index < -0.39 is 6.55 Å². The van der Waals surface area contributed by atoms with Crippen LogP contribution in [0.3, 0.4) is 0 Å². The van der Waals surface area contributed by atoms with Crippen molar-refractivity contribution in [3.63, 3.8) is 0 Å². The maximum absolute atomic E-state index is 12.8. The highest BCUT2D eigenvalue weighted by atomic mass is 35.5. The Morgan fingerprint density at radius 3 is 2.66 bits per heavy atom. The van der Waals surface area contributed by atoms with Gasteiger partial charge >= 0.3 is 6.55 Å². The molecule has 3 N–H and O–H groups in total. The van der Waals surface area contributed by atoms with Crippen LogP contribution in [-0.2, 0) is 0 Å². The van der Waals surface area contributed by atoms with Crippen LogP contribution in [0.25, 0.3) is 11.4 Å². The Morgan fingerprint density at radius 1 is 1.13 bits per heavy atom. The number of pyridine rings is 1. The highest BCUT2D eigenvalue weighted by Crippen LogP contribution is 2.30. The van der Waals surface area contributed by atoms with Crippen LogP contribution in [0.5, 0.6) is 5.88 Å². The molecule has 4 aromatic heterocycles. The molecule has 1 atom stereocenters. The summed E-state index contributed by atoms with van der Waals surface area (Å²) >= 11 is 6.11. The Kier molecular flexibility index (Phi) is 8.38. The van der Waals surface area contributed by atoms with Gasteiger partial charge in [0, 0.05) is 31.1 Å². The smallest absolute Gasteiger partial charge is 0.333 e. The minimum absolute atomic E-state index is 0.0434. The second-order valence-corrected chi connectivity index (χ2v) is 9.07. The van der Waals surface area contributed by atoms with E-state index in [4.69, 9.17) is 22.1 Å². The number of nitrogens with zero attached hydrogens (tertiary/aromatic N) is 7. The molecule has 0 spiro atoms. The SMILES string of the molecule is CC(C)n1ncc(-c2nccc(N)n2)c1OCC[C@H](C)Nc1cc(Cl)ncc1C#Cc1cnn(C(F)F)c1. The first-order chi connectivity index (χ1) is 18.2. The predicted molar refractivity (Wildman–Crippen MR) is 140 cm³/mol. The van der Waals surface area contributed by atoms with Crippen LogP contribution in [0.4, 0.5) is 20.3 Å². The number of alkyl halides is 2.